The van der Waals surface area contributed by atoms with E-state index in [2.05, 4.69) is 15.9 Å². The Hall–Kier alpha value is -1.20. The van der Waals surface area contributed by atoms with E-state index in [9.17, 15) is 9.59 Å². The third-order valence-electron chi connectivity index (χ3n) is 2.60. The van der Waals surface area contributed by atoms with Crippen LogP contribution in [0.5, 0.6) is 0 Å². The predicted octanol–water partition coefficient (Wildman–Crippen LogP) is 1.80. The summed E-state index contributed by atoms with van der Waals surface area (Å²) in [5.74, 6) is -0.200. The van der Waals surface area contributed by atoms with Gasteiger partial charge in [-0.05, 0) is 0 Å². The second kappa shape index (κ2) is 5.42. The van der Waals surface area contributed by atoms with E-state index in [1.165, 1.54) is 5.06 Å². The molecule has 0 saturated carbocycles. The van der Waals surface area contributed by atoms with Gasteiger partial charge in [0.25, 0.3) is 0 Å². The first kappa shape index (κ1) is 12.3. The summed E-state index contributed by atoms with van der Waals surface area (Å²) < 4.78 is 0. The van der Waals surface area contributed by atoms with Crippen molar-refractivity contribution in [3.05, 3.63) is 35.9 Å². The Bertz CT molecular complexity index is 421. The van der Waals surface area contributed by atoms with E-state index in [0.717, 1.165) is 0 Å². The van der Waals surface area contributed by atoms with Gasteiger partial charge in [0.1, 0.15) is 6.61 Å². The molecular formula is C12H12BrNO3. The van der Waals surface area contributed by atoms with Crippen LogP contribution in [0.1, 0.15) is 16.8 Å². The van der Waals surface area contributed by atoms with E-state index in [0.29, 0.717) is 17.3 Å². The number of nitrogens with zero attached hydrogens (tertiary/aromatic N) is 1. The van der Waals surface area contributed by atoms with Crippen LogP contribution in [-0.4, -0.2) is 34.7 Å². The number of halogens is 1. The van der Waals surface area contributed by atoms with Crippen molar-refractivity contribution in [1.82, 2.24) is 5.06 Å². The summed E-state index contributed by atoms with van der Waals surface area (Å²) in [5, 5.41) is 1.94. The largest absolute Gasteiger partial charge is 0.291 e. The molecule has 4 nitrogen and oxygen atoms in total. The predicted molar refractivity (Wildman–Crippen MR) is 65.8 cm³/mol. The molecule has 1 fully saturated rings. The number of Topliss-reactive ketones (excluding diaryl/α,β-unsaturated/α-hetero) is 1. The van der Waals surface area contributed by atoms with Crippen LogP contribution >= 0.6 is 15.9 Å². The lowest BCUT2D eigenvalue weighted by atomic mass is 10.1. The van der Waals surface area contributed by atoms with E-state index in [1.807, 2.05) is 6.07 Å². The van der Waals surface area contributed by atoms with Crippen LogP contribution in [-0.2, 0) is 9.63 Å². The van der Waals surface area contributed by atoms with Gasteiger partial charge in [0.15, 0.2) is 5.78 Å². The van der Waals surface area contributed by atoms with Crippen molar-refractivity contribution in [3.8, 4) is 0 Å². The molecule has 1 aromatic rings. The van der Waals surface area contributed by atoms with Crippen molar-refractivity contribution in [2.75, 3.05) is 11.9 Å². The fourth-order valence-corrected chi connectivity index (χ4v) is 2.09. The highest BCUT2D eigenvalue weighted by Crippen LogP contribution is 2.21. The first-order chi connectivity index (χ1) is 8.22. The summed E-state index contributed by atoms with van der Waals surface area (Å²) in [6.07, 6.45) is 0.477. The summed E-state index contributed by atoms with van der Waals surface area (Å²) in [7, 11) is 0. The summed E-state index contributed by atoms with van der Waals surface area (Å²) in [6, 6.07) is 8.94. The van der Waals surface area contributed by atoms with Gasteiger partial charge in [-0.3, -0.25) is 14.4 Å². The molecule has 2 rings (SSSR count). The van der Waals surface area contributed by atoms with Crippen LogP contribution in [0.2, 0.25) is 0 Å². The summed E-state index contributed by atoms with van der Waals surface area (Å²) in [5.41, 5.74) is 0.593. The minimum absolute atomic E-state index is 0.0473. The molecule has 0 N–H and O–H groups in total. The number of carbonyl (C=O) groups excluding carboxylic acids is 2. The zero-order valence-electron chi connectivity index (χ0n) is 9.14. The van der Waals surface area contributed by atoms with Gasteiger partial charge in [-0.2, -0.15) is 0 Å². The zero-order valence-corrected chi connectivity index (χ0v) is 10.7. The molecule has 1 amide bonds. The average molecular weight is 298 g/mol. The van der Waals surface area contributed by atoms with Crippen LogP contribution in [0.4, 0.5) is 0 Å². The molecule has 1 saturated heterocycles. The lowest BCUT2D eigenvalue weighted by molar-refractivity contribution is -0.218. The van der Waals surface area contributed by atoms with E-state index < -0.39 is 0 Å². The normalized spacial score (nSPS) is 19.0. The Morgan fingerprint density at radius 3 is 2.71 bits per heavy atom. The van der Waals surface area contributed by atoms with Gasteiger partial charge in [-0.15, -0.1) is 0 Å². The topological polar surface area (TPSA) is 46.6 Å². The number of carbonyl (C=O) groups is 2. The van der Waals surface area contributed by atoms with Crippen LogP contribution in [0.25, 0.3) is 0 Å². The first-order valence-corrected chi connectivity index (χ1v) is 6.43. The highest BCUT2D eigenvalue weighted by molar-refractivity contribution is 9.09. The lowest BCUT2D eigenvalue weighted by Gasteiger charge is -2.37. The number of alkyl halides is 1. The summed E-state index contributed by atoms with van der Waals surface area (Å²) in [6.45, 7) is -0.0980. The Kier molecular flexibility index (Phi) is 3.91. The molecule has 1 aromatic carbocycles. The smallest absolute Gasteiger partial charge is 0.248 e. The van der Waals surface area contributed by atoms with Gasteiger partial charge in [0.05, 0.1) is 12.5 Å². The second-order valence-electron chi connectivity index (χ2n) is 3.79. The fourth-order valence-electron chi connectivity index (χ4n) is 1.60. The van der Waals surface area contributed by atoms with Gasteiger partial charge < -0.3 is 0 Å². The first-order valence-electron chi connectivity index (χ1n) is 5.31. The van der Waals surface area contributed by atoms with E-state index in [4.69, 9.17) is 4.84 Å². The highest BCUT2D eigenvalue weighted by atomic mass is 79.9. The number of β-lactam (4-membered cyclic amide) rings is 1. The molecule has 1 atom stereocenters. The maximum Gasteiger partial charge on any atom is 0.248 e. The monoisotopic (exact) mass is 297 g/mol. The Labute approximate surface area is 108 Å². The third kappa shape index (κ3) is 2.73. The van der Waals surface area contributed by atoms with Gasteiger partial charge in [-0.1, -0.05) is 46.3 Å². The zero-order chi connectivity index (χ0) is 12.3. The van der Waals surface area contributed by atoms with Crippen LogP contribution in [0.3, 0.4) is 0 Å². The van der Waals surface area contributed by atoms with E-state index >= 15 is 0 Å². The maximum atomic E-state index is 11.7. The number of ketones is 1. The number of rotatable bonds is 5. The molecule has 1 unspecified atom stereocenters. The fraction of sp³-hybridized carbons (Fsp3) is 0.333. The Morgan fingerprint density at radius 2 is 2.12 bits per heavy atom. The van der Waals surface area contributed by atoms with Crippen LogP contribution in [0.15, 0.2) is 30.3 Å². The van der Waals surface area contributed by atoms with Crippen molar-refractivity contribution < 1.29 is 14.4 Å². The van der Waals surface area contributed by atoms with Gasteiger partial charge in [0, 0.05) is 10.9 Å². The van der Waals surface area contributed by atoms with Crippen molar-refractivity contribution in [2.24, 2.45) is 0 Å². The molecule has 1 aliphatic rings. The van der Waals surface area contributed by atoms with Crippen molar-refractivity contribution >= 4 is 27.6 Å². The SMILES string of the molecule is O=C(CON1C(=O)CC1CBr)c1ccccc1. The van der Waals surface area contributed by atoms with Gasteiger partial charge in [0.2, 0.25) is 5.91 Å². The lowest BCUT2D eigenvalue weighted by Crippen LogP contribution is -2.53. The average Bonchev–Trinajstić information content (AvgIpc) is 2.36. The second-order valence-corrected chi connectivity index (χ2v) is 4.44. The Balaban J connectivity index is 1.86. The molecule has 5 heteroatoms. The van der Waals surface area contributed by atoms with E-state index in [1.54, 1.807) is 24.3 Å². The maximum absolute atomic E-state index is 11.7. The molecule has 1 aliphatic heterocycles. The number of hydroxylamine groups is 2. The van der Waals surface area contributed by atoms with Crippen molar-refractivity contribution in [3.63, 3.8) is 0 Å². The molecular weight excluding hydrogens is 286 g/mol. The summed E-state index contributed by atoms with van der Waals surface area (Å²) >= 11 is 3.29. The molecule has 17 heavy (non-hydrogen) atoms. The molecule has 0 aromatic heterocycles. The molecule has 1 heterocycles. The standard InChI is InChI=1S/C12H12BrNO3/c13-7-10-6-12(16)14(10)17-8-11(15)9-4-2-1-3-5-9/h1-5,10H,6-8H2. The van der Waals surface area contributed by atoms with Crippen molar-refractivity contribution in [1.29, 1.82) is 0 Å². The number of amides is 1. The minimum Gasteiger partial charge on any atom is -0.291 e. The quantitative estimate of drug-likeness (QED) is 0.473. The van der Waals surface area contributed by atoms with Crippen molar-refractivity contribution in [2.45, 2.75) is 12.5 Å². The molecule has 0 radical (unpaired) electrons. The number of hydrogen-bond acceptors (Lipinski definition) is 3. The van der Waals surface area contributed by atoms with Gasteiger partial charge >= 0.3 is 0 Å². The molecule has 0 spiro atoms. The third-order valence-corrected chi connectivity index (χ3v) is 3.34. The van der Waals surface area contributed by atoms with E-state index in [-0.39, 0.29) is 24.3 Å². The number of benzene rings is 1. The molecule has 90 valence electrons. The number of hydrogen-bond donors (Lipinski definition) is 0. The van der Waals surface area contributed by atoms with Crippen LogP contribution < -0.4 is 0 Å². The highest BCUT2D eigenvalue weighted by Gasteiger charge is 2.36. The van der Waals surface area contributed by atoms with Gasteiger partial charge in [-0.25, -0.2) is 5.06 Å². The minimum atomic E-state index is -0.126. The Morgan fingerprint density at radius 1 is 1.41 bits per heavy atom. The molecule has 0 bridgehead atoms. The summed E-state index contributed by atoms with van der Waals surface area (Å²) in [4.78, 5) is 28.1. The van der Waals surface area contributed by atoms with Crippen LogP contribution in [0, 0.1) is 0 Å². The molecule has 0 aliphatic carbocycles.